The average Bonchev–Trinajstić information content (AvgIpc) is 2.31. The Morgan fingerprint density at radius 3 is 2.67 bits per heavy atom. The molecule has 1 rings (SSSR count). The van der Waals surface area contributed by atoms with Crippen molar-refractivity contribution in [1.82, 2.24) is 9.88 Å². The highest BCUT2D eigenvalue weighted by Crippen LogP contribution is 2.20. The minimum Gasteiger partial charge on any atom is -0.395 e. The number of rotatable bonds is 5. The molecule has 100 valence electrons. The van der Waals surface area contributed by atoms with Gasteiger partial charge in [0.25, 0.3) is 12.3 Å². The molecule has 0 spiro atoms. The summed E-state index contributed by atoms with van der Waals surface area (Å²) >= 11 is 11.3. The second kappa shape index (κ2) is 6.82. The van der Waals surface area contributed by atoms with Crippen LogP contribution in [0.3, 0.4) is 0 Å². The molecule has 8 heteroatoms. The van der Waals surface area contributed by atoms with Crippen molar-refractivity contribution in [2.24, 2.45) is 0 Å². The van der Waals surface area contributed by atoms with Crippen molar-refractivity contribution in [1.29, 1.82) is 0 Å². The largest absolute Gasteiger partial charge is 0.395 e. The number of aromatic nitrogens is 1. The van der Waals surface area contributed by atoms with Gasteiger partial charge in [-0.2, -0.15) is 0 Å². The van der Waals surface area contributed by atoms with Gasteiger partial charge >= 0.3 is 0 Å². The van der Waals surface area contributed by atoms with Gasteiger partial charge in [0.05, 0.1) is 23.7 Å². The number of carbonyl (C=O) groups excluding carboxylic acids is 1. The molecule has 0 fully saturated rings. The van der Waals surface area contributed by atoms with E-state index in [0.717, 1.165) is 11.1 Å². The second-order valence-electron chi connectivity index (χ2n) is 3.36. The van der Waals surface area contributed by atoms with Crippen LogP contribution in [0.2, 0.25) is 10.2 Å². The van der Waals surface area contributed by atoms with Crippen molar-refractivity contribution >= 4 is 29.1 Å². The minimum atomic E-state index is -2.68. The number of hydrogen-bond acceptors (Lipinski definition) is 3. The summed E-state index contributed by atoms with van der Waals surface area (Å²) in [6, 6.07) is 1.25. The Bertz CT molecular complexity index is 432. The Balaban J connectivity index is 2.90. The molecule has 0 saturated carbocycles. The van der Waals surface area contributed by atoms with Crippen LogP contribution in [0.15, 0.2) is 12.3 Å². The fraction of sp³-hybridized carbons (Fsp3) is 0.400. The normalized spacial score (nSPS) is 10.8. The highest BCUT2D eigenvalue weighted by molar-refractivity contribution is 6.41. The van der Waals surface area contributed by atoms with Gasteiger partial charge in [0, 0.05) is 12.7 Å². The summed E-state index contributed by atoms with van der Waals surface area (Å²) in [6.45, 7) is -1.36. The van der Waals surface area contributed by atoms with Crippen molar-refractivity contribution < 1.29 is 18.7 Å². The highest BCUT2D eigenvalue weighted by Gasteiger charge is 2.20. The summed E-state index contributed by atoms with van der Waals surface area (Å²) in [5.74, 6) is -0.685. The van der Waals surface area contributed by atoms with Gasteiger partial charge in [-0.3, -0.25) is 4.79 Å². The molecule has 0 bridgehead atoms. The first-order valence-corrected chi connectivity index (χ1v) is 5.70. The zero-order chi connectivity index (χ0) is 13.7. The van der Waals surface area contributed by atoms with Crippen LogP contribution in [-0.2, 0) is 0 Å². The van der Waals surface area contributed by atoms with Crippen molar-refractivity contribution in [2.75, 3.05) is 19.7 Å². The van der Waals surface area contributed by atoms with E-state index in [-0.39, 0.29) is 22.3 Å². The molecule has 1 N–H and O–H groups in total. The fourth-order valence-electron chi connectivity index (χ4n) is 1.28. The van der Waals surface area contributed by atoms with Gasteiger partial charge in [0.15, 0.2) is 0 Å². The molecule has 4 nitrogen and oxygen atoms in total. The molecule has 0 aliphatic rings. The van der Waals surface area contributed by atoms with E-state index < -0.39 is 25.5 Å². The number of alkyl halides is 2. The average molecular weight is 299 g/mol. The molecule has 0 aliphatic carbocycles. The molecular formula is C10H10Cl2F2N2O2. The maximum atomic E-state index is 12.3. The van der Waals surface area contributed by atoms with Gasteiger partial charge in [-0.15, -0.1) is 0 Å². The SMILES string of the molecule is O=C(c1cnc(Cl)c(Cl)c1)N(CCO)CC(F)F. The van der Waals surface area contributed by atoms with Gasteiger partial charge in [-0.1, -0.05) is 23.2 Å². The van der Waals surface area contributed by atoms with E-state index in [1.165, 1.54) is 6.07 Å². The van der Waals surface area contributed by atoms with Gasteiger partial charge in [0.2, 0.25) is 0 Å². The Hall–Kier alpha value is -0.980. The van der Waals surface area contributed by atoms with Crippen LogP contribution >= 0.6 is 23.2 Å². The molecule has 1 aromatic rings. The number of hydrogen-bond donors (Lipinski definition) is 1. The third-order valence-electron chi connectivity index (χ3n) is 2.06. The van der Waals surface area contributed by atoms with Crippen molar-refractivity contribution in [3.05, 3.63) is 28.0 Å². The number of pyridine rings is 1. The fourth-order valence-corrected chi connectivity index (χ4v) is 1.55. The molecule has 18 heavy (non-hydrogen) atoms. The maximum Gasteiger partial charge on any atom is 0.255 e. The van der Waals surface area contributed by atoms with E-state index in [9.17, 15) is 13.6 Å². The first-order chi connectivity index (χ1) is 8.45. The van der Waals surface area contributed by atoms with Crippen LogP contribution in [-0.4, -0.2) is 47.0 Å². The lowest BCUT2D eigenvalue weighted by molar-refractivity contribution is 0.0509. The van der Waals surface area contributed by atoms with Gasteiger partial charge in [-0.25, -0.2) is 13.8 Å². The first kappa shape index (κ1) is 15.1. The van der Waals surface area contributed by atoms with Crippen LogP contribution in [0, 0.1) is 0 Å². The molecule has 0 aliphatic heterocycles. The molecule has 1 aromatic heterocycles. The van der Waals surface area contributed by atoms with E-state index in [2.05, 4.69) is 4.98 Å². The predicted molar refractivity (Wildman–Crippen MR) is 63.3 cm³/mol. The van der Waals surface area contributed by atoms with Gasteiger partial charge in [0.1, 0.15) is 5.15 Å². The Morgan fingerprint density at radius 1 is 1.50 bits per heavy atom. The number of halogens is 4. The Labute approximate surface area is 112 Å². The predicted octanol–water partition coefficient (Wildman–Crippen LogP) is 2.09. The summed E-state index contributed by atoms with van der Waals surface area (Å²) in [6.07, 6.45) is -1.54. The summed E-state index contributed by atoms with van der Waals surface area (Å²) in [5.41, 5.74) is 0.0403. The van der Waals surface area contributed by atoms with Crippen molar-refractivity contribution in [3.8, 4) is 0 Å². The lowest BCUT2D eigenvalue weighted by atomic mass is 10.2. The molecule has 0 saturated heterocycles. The Morgan fingerprint density at radius 2 is 2.17 bits per heavy atom. The standard InChI is InChI=1S/C10H10Cl2F2N2O2/c11-7-3-6(4-15-9(7)12)10(18)16(1-2-17)5-8(13)14/h3-4,8,17H,1-2,5H2. The lowest BCUT2D eigenvalue weighted by Gasteiger charge is -2.21. The molecule has 1 heterocycles. The van der Waals surface area contributed by atoms with Crippen molar-refractivity contribution in [2.45, 2.75) is 6.43 Å². The zero-order valence-electron chi connectivity index (χ0n) is 9.12. The molecule has 0 unspecified atom stereocenters. The third-order valence-corrected chi connectivity index (χ3v) is 2.74. The monoisotopic (exact) mass is 298 g/mol. The first-order valence-electron chi connectivity index (χ1n) is 4.95. The smallest absolute Gasteiger partial charge is 0.255 e. The van der Waals surface area contributed by atoms with E-state index in [1.54, 1.807) is 0 Å². The topological polar surface area (TPSA) is 53.4 Å². The molecule has 1 amide bonds. The lowest BCUT2D eigenvalue weighted by Crippen LogP contribution is -2.37. The quantitative estimate of drug-likeness (QED) is 0.847. The maximum absolute atomic E-state index is 12.3. The Kier molecular flexibility index (Phi) is 5.71. The van der Waals surface area contributed by atoms with E-state index >= 15 is 0 Å². The summed E-state index contributed by atoms with van der Waals surface area (Å²) < 4.78 is 24.6. The van der Waals surface area contributed by atoms with Gasteiger partial charge in [-0.05, 0) is 6.07 Å². The van der Waals surface area contributed by atoms with Crippen LogP contribution in [0.5, 0.6) is 0 Å². The van der Waals surface area contributed by atoms with Crippen LogP contribution in [0.4, 0.5) is 8.78 Å². The van der Waals surface area contributed by atoms with E-state index in [1.807, 2.05) is 0 Å². The molecule has 0 radical (unpaired) electrons. The minimum absolute atomic E-state index is 0.0239. The third kappa shape index (κ3) is 4.04. The second-order valence-corrected chi connectivity index (χ2v) is 4.13. The van der Waals surface area contributed by atoms with Gasteiger partial charge < -0.3 is 10.0 Å². The van der Waals surface area contributed by atoms with Crippen LogP contribution in [0.25, 0.3) is 0 Å². The summed E-state index contributed by atoms with van der Waals surface area (Å²) in [4.78, 5) is 16.4. The highest BCUT2D eigenvalue weighted by atomic mass is 35.5. The summed E-state index contributed by atoms with van der Waals surface area (Å²) in [7, 11) is 0. The molecular weight excluding hydrogens is 289 g/mol. The van der Waals surface area contributed by atoms with Crippen LogP contribution in [0.1, 0.15) is 10.4 Å². The number of aliphatic hydroxyl groups excluding tert-OH is 1. The van der Waals surface area contributed by atoms with Crippen LogP contribution < -0.4 is 0 Å². The van der Waals surface area contributed by atoms with Crippen molar-refractivity contribution in [3.63, 3.8) is 0 Å². The molecule has 0 atom stereocenters. The number of nitrogens with zero attached hydrogens (tertiary/aromatic N) is 2. The van der Waals surface area contributed by atoms with E-state index in [4.69, 9.17) is 28.3 Å². The van der Waals surface area contributed by atoms with E-state index in [0.29, 0.717) is 0 Å². The zero-order valence-corrected chi connectivity index (χ0v) is 10.6. The molecule has 0 aromatic carbocycles. The number of carbonyl (C=O) groups is 1. The number of aliphatic hydroxyl groups is 1. The summed E-state index contributed by atoms with van der Waals surface area (Å²) in [5, 5.41) is 8.83. The number of amides is 1.